The van der Waals surface area contributed by atoms with Crippen LogP contribution >= 0.6 is 11.3 Å². The van der Waals surface area contributed by atoms with Crippen molar-refractivity contribution in [1.82, 2.24) is 19.9 Å². The molecule has 0 atom stereocenters. The molecule has 1 amide bonds. The van der Waals surface area contributed by atoms with Crippen molar-refractivity contribution in [1.29, 1.82) is 0 Å². The zero-order chi connectivity index (χ0) is 20.4. The monoisotopic (exact) mass is 416 g/mol. The van der Waals surface area contributed by atoms with Gasteiger partial charge < -0.3 is 9.88 Å². The predicted octanol–water partition coefficient (Wildman–Crippen LogP) is 4.50. The highest BCUT2D eigenvalue weighted by Crippen LogP contribution is 2.29. The van der Waals surface area contributed by atoms with Gasteiger partial charge in [0.05, 0.1) is 22.1 Å². The van der Waals surface area contributed by atoms with Crippen molar-refractivity contribution < 1.29 is 18.0 Å². The first-order valence-electron chi connectivity index (χ1n) is 8.68. The molecule has 0 saturated heterocycles. The third-order valence-electron chi connectivity index (χ3n) is 4.39. The Morgan fingerprint density at radius 1 is 1.10 bits per heavy atom. The van der Waals surface area contributed by atoms with E-state index in [0.29, 0.717) is 17.1 Å². The van der Waals surface area contributed by atoms with E-state index in [9.17, 15) is 18.0 Å². The maximum Gasteiger partial charge on any atom is 0.416 e. The highest BCUT2D eigenvalue weighted by Gasteiger charge is 2.29. The second kappa shape index (κ2) is 7.67. The largest absolute Gasteiger partial charge is 0.416 e. The second-order valence-corrected chi connectivity index (χ2v) is 7.07. The number of nitrogens with one attached hydrogen (secondary N) is 1. The van der Waals surface area contributed by atoms with Gasteiger partial charge in [-0.15, -0.1) is 11.3 Å². The SMILES string of the molecule is O=C(Cn1c(-c2cscn2)nc2ccccc21)NCc1ccc(C(F)(F)F)cc1. The maximum absolute atomic E-state index is 12.6. The van der Waals surface area contributed by atoms with Crippen LogP contribution in [0.15, 0.2) is 59.4 Å². The second-order valence-electron chi connectivity index (χ2n) is 6.36. The average molecular weight is 416 g/mol. The average Bonchev–Trinajstić information content (AvgIpc) is 3.34. The van der Waals surface area contributed by atoms with E-state index in [2.05, 4.69) is 15.3 Å². The number of halogens is 3. The number of carbonyl (C=O) groups excluding carboxylic acids is 1. The number of fused-ring (bicyclic) bond motifs is 1. The van der Waals surface area contributed by atoms with E-state index in [-0.39, 0.29) is 19.0 Å². The summed E-state index contributed by atoms with van der Waals surface area (Å²) in [5, 5.41) is 4.60. The van der Waals surface area contributed by atoms with Gasteiger partial charge in [0.2, 0.25) is 5.91 Å². The van der Waals surface area contributed by atoms with Crippen LogP contribution in [0.1, 0.15) is 11.1 Å². The van der Waals surface area contributed by atoms with Crippen molar-refractivity contribution in [2.24, 2.45) is 0 Å². The van der Waals surface area contributed by atoms with Crippen molar-refractivity contribution in [3.05, 3.63) is 70.5 Å². The van der Waals surface area contributed by atoms with E-state index < -0.39 is 11.7 Å². The summed E-state index contributed by atoms with van der Waals surface area (Å²) in [7, 11) is 0. The molecule has 2 aromatic heterocycles. The first-order chi connectivity index (χ1) is 13.9. The molecule has 0 saturated carbocycles. The first-order valence-corrected chi connectivity index (χ1v) is 9.63. The molecule has 0 bridgehead atoms. The van der Waals surface area contributed by atoms with Gasteiger partial charge in [0, 0.05) is 11.9 Å². The maximum atomic E-state index is 12.6. The summed E-state index contributed by atoms with van der Waals surface area (Å²) in [5.41, 5.74) is 3.81. The number of amides is 1. The number of hydrogen-bond donors (Lipinski definition) is 1. The minimum Gasteiger partial charge on any atom is -0.350 e. The standard InChI is InChI=1S/C20H15F3N4OS/c21-20(22,23)14-7-5-13(6-8-14)9-24-18(28)10-27-17-4-2-1-3-15(17)26-19(27)16-11-29-12-25-16/h1-8,11-12H,9-10H2,(H,24,28). The Bertz CT molecular complexity index is 1130. The number of para-hydroxylation sites is 2. The Hall–Kier alpha value is -3.20. The minimum absolute atomic E-state index is 0.0218. The Labute approximate surface area is 167 Å². The Kier molecular flexibility index (Phi) is 5.06. The molecule has 2 heterocycles. The van der Waals surface area contributed by atoms with Crippen molar-refractivity contribution in [3.63, 3.8) is 0 Å². The van der Waals surface area contributed by atoms with Crippen LogP contribution < -0.4 is 5.32 Å². The zero-order valence-electron chi connectivity index (χ0n) is 15.0. The summed E-state index contributed by atoms with van der Waals surface area (Å²) in [5.74, 6) is 0.321. The van der Waals surface area contributed by atoms with Gasteiger partial charge in [-0.1, -0.05) is 24.3 Å². The van der Waals surface area contributed by atoms with Crippen LogP contribution in [-0.2, 0) is 24.1 Å². The van der Waals surface area contributed by atoms with Crippen molar-refractivity contribution in [2.45, 2.75) is 19.3 Å². The fourth-order valence-electron chi connectivity index (χ4n) is 2.97. The number of alkyl halides is 3. The van der Waals surface area contributed by atoms with Crippen LogP contribution in [0.3, 0.4) is 0 Å². The zero-order valence-corrected chi connectivity index (χ0v) is 15.8. The predicted molar refractivity (Wildman–Crippen MR) is 104 cm³/mol. The molecule has 0 radical (unpaired) electrons. The number of aromatic nitrogens is 3. The summed E-state index contributed by atoms with van der Waals surface area (Å²) < 4.78 is 39.7. The number of thiazole rings is 1. The Morgan fingerprint density at radius 3 is 2.55 bits per heavy atom. The first kappa shape index (κ1) is 19.1. The molecule has 4 aromatic rings. The number of hydrogen-bond acceptors (Lipinski definition) is 4. The molecule has 4 rings (SSSR count). The fraction of sp³-hybridized carbons (Fsp3) is 0.150. The summed E-state index contributed by atoms with van der Waals surface area (Å²) in [6, 6.07) is 12.2. The summed E-state index contributed by atoms with van der Waals surface area (Å²) >= 11 is 1.44. The van der Waals surface area contributed by atoms with Crippen molar-refractivity contribution in [3.8, 4) is 11.5 Å². The molecule has 0 aliphatic carbocycles. The van der Waals surface area contributed by atoms with E-state index in [0.717, 1.165) is 23.2 Å². The van der Waals surface area contributed by atoms with Crippen LogP contribution in [0.5, 0.6) is 0 Å². The van der Waals surface area contributed by atoms with E-state index in [4.69, 9.17) is 0 Å². The van der Waals surface area contributed by atoms with Gasteiger partial charge in [-0.2, -0.15) is 13.2 Å². The van der Waals surface area contributed by atoms with Gasteiger partial charge in [0.1, 0.15) is 12.2 Å². The fourth-order valence-corrected chi connectivity index (χ4v) is 3.50. The minimum atomic E-state index is -4.38. The van der Waals surface area contributed by atoms with Crippen LogP contribution in [0, 0.1) is 0 Å². The van der Waals surface area contributed by atoms with Gasteiger partial charge in [-0.25, -0.2) is 9.97 Å². The lowest BCUT2D eigenvalue weighted by Crippen LogP contribution is -2.27. The molecule has 0 aliphatic heterocycles. The summed E-state index contributed by atoms with van der Waals surface area (Å²) in [6.45, 7) is 0.156. The van der Waals surface area contributed by atoms with E-state index in [1.165, 1.54) is 23.5 Å². The van der Waals surface area contributed by atoms with Crippen LogP contribution in [0.25, 0.3) is 22.6 Å². The molecular weight excluding hydrogens is 401 g/mol. The number of rotatable bonds is 5. The normalized spacial score (nSPS) is 11.7. The molecule has 29 heavy (non-hydrogen) atoms. The highest BCUT2D eigenvalue weighted by molar-refractivity contribution is 7.07. The Balaban J connectivity index is 1.50. The van der Waals surface area contributed by atoms with Crippen molar-refractivity contribution in [2.75, 3.05) is 0 Å². The van der Waals surface area contributed by atoms with Gasteiger partial charge in [0.25, 0.3) is 0 Å². The summed E-state index contributed by atoms with van der Waals surface area (Å²) in [6.07, 6.45) is -4.38. The van der Waals surface area contributed by atoms with Gasteiger partial charge >= 0.3 is 6.18 Å². The highest BCUT2D eigenvalue weighted by atomic mass is 32.1. The third kappa shape index (κ3) is 4.14. The number of imidazole rings is 1. The van der Waals surface area contributed by atoms with Gasteiger partial charge in [-0.05, 0) is 29.8 Å². The van der Waals surface area contributed by atoms with Gasteiger partial charge in [0.15, 0.2) is 5.82 Å². The van der Waals surface area contributed by atoms with E-state index in [1.54, 1.807) is 10.1 Å². The van der Waals surface area contributed by atoms with Gasteiger partial charge in [-0.3, -0.25) is 4.79 Å². The molecule has 9 heteroatoms. The molecule has 1 N–H and O–H groups in total. The topological polar surface area (TPSA) is 59.8 Å². The number of benzene rings is 2. The molecular formula is C20H15F3N4OS. The molecule has 0 unspecified atom stereocenters. The molecule has 2 aromatic carbocycles. The molecule has 0 fully saturated rings. The lowest BCUT2D eigenvalue weighted by Gasteiger charge is -2.10. The Morgan fingerprint density at radius 2 is 1.86 bits per heavy atom. The lowest BCUT2D eigenvalue weighted by atomic mass is 10.1. The smallest absolute Gasteiger partial charge is 0.350 e. The van der Waals surface area contributed by atoms with Crippen LogP contribution in [0.4, 0.5) is 13.2 Å². The summed E-state index contributed by atoms with van der Waals surface area (Å²) in [4.78, 5) is 21.4. The van der Waals surface area contributed by atoms with E-state index in [1.807, 2.05) is 29.6 Å². The lowest BCUT2D eigenvalue weighted by molar-refractivity contribution is -0.137. The molecule has 5 nitrogen and oxygen atoms in total. The molecule has 0 aliphatic rings. The van der Waals surface area contributed by atoms with E-state index >= 15 is 0 Å². The van der Waals surface area contributed by atoms with Crippen LogP contribution in [-0.4, -0.2) is 20.4 Å². The van der Waals surface area contributed by atoms with Crippen LogP contribution in [0.2, 0.25) is 0 Å². The number of nitrogens with zero attached hydrogens (tertiary/aromatic N) is 3. The molecule has 148 valence electrons. The molecule has 0 spiro atoms. The number of carbonyl (C=O) groups is 1. The van der Waals surface area contributed by atoms with Crippen molar-refractivity contribution >= 4 is 28.3 Å². The third-order valence-corrected chi connectivity index (χ3v) is 4.98. The quantitative estimate of drug-likeness (QED) is 0.521.